The number of benzene rings is 4. The van der Waals surface area contributed by atoms with E-state index in [0.29, 0.717) is 23.5 Å². The van der Waals surface area contributed by atoms with E-state index < -0.39 is 0 Å². The van der Waals surface area contributed by atoms with Crippen LogP contribution in [0.4, 0.5) is 0 Å². The zero-order chi connectivity index (χ0) is 39.5. The van der Waals surface area contributed by atoms with E-state index in [0.717, 1.165) is 59.5 Å². The van der Waals surface area contributed by atoms with E-state index in [2.05, 4.69) is 107 Å². The Labute approximate surface area is 350 Å². The molecule has 6 aromatic rings. The molecule has 0 atom stereocenters. The maximum Gasteiger partial charge on any atom is 0.241 e. The molecule has 0 unspecified atom stereocenters. The van der Waals surface area contributed by atoms with Crippen LogP contribution in [0.2, 0.25) is 0 Å². The van der Waals surface area contributed by atoms with Crippen molar-refractivity contribution in [2.75, 3.05) is 0 Å². The summed E-state index contributed by atoms with van der Waals surface area (Å²) in [5.74, 6) is 7.60. The second-order valence-corrected chi connectivity index (χ2v) is 19.9. The summed E-state index contributed by atoms with van der Waals surface area (Å²) >= 11 is 0. The second kappa shape index (κ2) is 12.9. The third-order valence-electron chi connectivity index (χ3n) is 16.1. The van der Waals surface area contributed by atoms with Crippen LogP contribution in [0.5, 0.6) is 46.5 Å². The van der Waals surface area contributed by atoms with Crippen molar-refractivity contribution in [3.05, 3.63) is 144 Å². The Morgan fingerprint density at radius 1 is 0.333 bits per heavy atom. The highest BCUT2D eigenvalue weighted by Gasteiger charge is 2.60. The third kappa shape index (κ3) is 5.77. The van der Waals surface area contributed by atoms with Crippen LogP contribution >= 0.6 is 0 Å². The fraction of sp³-hybridized carbons (Fsp3) is 0.385. The Balaban J connectivity index is 0.850. The molecule has 0 radical (unpaired) electrons. The normalized spacial score (nSPS) is 32.7. The summed E-state index contributed by atoms with van der Waals surface area (Å²) in [4.78, 5) is 18.3. The van der Waals surface area contributed by atoms with Crippen LogP contribution < -0.4 is 18.9 Å². The van der Waals surface area contributed by atoms with Crippen molar-refractivity contribution in [3.8, 4) is 46.5 Å². The monoisotopic (exact) mass is 792 g/mol. The zero-order valence-electron chi connectivity index (χ0n) is 33.8. The molecule has 8 saturated carbocycles. The van der Waals surface area contributed by atoms with Crippen LogP contribution in [-0.2, 0) is 21.7 Å². The topological polar surface area (TPSA) is 88.5 Å². The zero-order valence-corrected chi connectivity index (χ0v) is 33.8. The molecule has 2 aromatic heterocycles. The number of hydrogen-bond acceptors (Lipinski definition) is 8. The first-order valence-electron chi connectivity index (χ1n) is 22.1. The third-order valence-corrected chi connectivity index (χ3v) is 16.1. The van der Waals surface area contributed by atoms with Gasteiger partial charge in [0.1, 0.15) is 23.0 Å². The second-order valence-electron chi connectivity index (χ2n) is 19.9. The molecule has 0 saturated heterocycles. The molecule has 4 aromatic carbocycles. The first-order valence-corrected chi connectivity index (χ1v) is 22.1. The molecule has 8 aliphatic carbocycles. The standard InChI is InChI=1S/C52H48N4O4/c1-9-41-10-2-37(1)49-19-33-17-34(20-49)22-50(21-33,31-49)38-3-11-42(12-4-38)59-47-29-54-30-48(56-47)60-44-15-7-40(8-16-44)52-25-35-18-36(26-52)24-51(23-35,32-52)39-5-13-43(14-6-39)58-46-28-53-27-45(55-46)57-41/h1-16,27-30,33-36H,17-26,31-32H2. The summed E-state index contributed by atoms with van der Waals surface area (Å²) in [7, 11) is 0. The fourth-order valence-corrected chi connectivity index (χ4v) is 14.7. The molecule has 0 N–H and O–H groups in total. The maximum absolute atomic E-state index is 6.31. The quantitative estimate of drug-likeness (QED) is 0.150. The van der Waals surface area contributed by atoms with Gasteiger partial charge in [-0.25, -0.2) is 0 Å². The fourth-order valence-electron chi connectivity index (χ4n) is 14.7. The predicted molar refractivity (Wildman–Crippen MR) is 226 cm³/mol. The Morgan fingerprint density at radius 3 is 0.800 bits per heavy atom. The SMILES string of the molecule is c1cc2ccc1Oc1cncc(n1)Oc1ccc(cc1)C13CC4CC(C1)CC(C4)(C3)c1ccc(cc1)Oc1cncc(n1)Oc1ccc(cc1)C13CC4CC(CC2(C4)C1)C3. The molecular formula is C52H48N4O4. The largest absolute Gasteiger partial charge is 0.437 e. The summed E-state index contributed by atoms with van der Waals surface area (Å²) in [6.45, 7) is 0. The van der Waals surface area contributed by atoms with E-state index in [1.54, 1.807) is 24.8 Å². The lowest BCUT2D eigenvalue weighted by molar-refractivity contribution is -0.0283. The molecule has 24 rings (SSSR count). The summed E-state index contributed by atoms with van der Waals surface area (Å²) in [5.41, 5.74) is 6.33. The minimum atomic E-state index is 0.160. The van der Waals surface area contributed by atoms with E-state index in [1.165, 1.54) is 86.5 Å². The first-order chi connectivity index (χ1) is 29.4. The van der Waals surface area contributed by atoms with E-state index in [1.807, 2.05) is 0 Å². The van der Waals surface area contributed by atoms with E-state index in [-0.39, 0.29) is 21.7 Å². The molecule has 0 amide bonds. The molecule has 8 fully saturated rings. The van der Waals surface area contributed by atoms with Crippen LogP contribution in [-0.4, -0.2) is 19.9 Å². The highest BCUT2D eigenvalue weighted by Crippen LogP contribution is 2.68. The van der Waals surface area contributed by atoms with Gasteiger partial charge < -0.3 is 18.9 Å². The van der Waals surface area contributed by atoms with Crippen molar-refractivity contribution in [3.63, 3.8) is 0 Å². The van der Waals surface area contributed by atoms with Gasteiger partial charge in [-0.2, -0.15) is 9.97 Å². The predicted octanol–water partition coefficient (Wildman–Crippen LogP) is 12.3. The molecule has 4 spiro atoms. The van der Waals surface area contributed by atoms with Gasteiger partial charge in [-0.15, -0.1) is 0 Å². The molecule has 18 aliphatic rings. The number of aromatic nitrogens is 4. The Bertz CT molecular complexity index is 2230. The average Bonchev–Trinajstić information content (AvgIpc) is 3.24. The molecule has 10 aliphatic heterocycles. The van der Waals surface area contributed by atoms with Crippen LogP contribution in [0.3, 0.4) is 0 Å². The minimum absolute atomic E-state index is 0.160. The lowest BCUT2D eigenvalue weighted by Gasteiger charge is -2.63. The van der Waals surface area contributed by atoms with Crippen LogP contribution in [0.25, 0.3) is 0 Å². The van der Waals surface area contributed by atoms with Gasteiger partial charge in [-0.3, -0.25) is 9.97 Å². The van der Waals surface area contributed by atoms with Crippen molar-refractivity contribution >= 4 is 0 Å². The molecule has 20 bridgehead atoms. The molecule has 60 heavy (non-hydrogen) atoms. The van der Waals surface area contributed by atoms with E-state index in [4.69, 9.17) is 28.9 Å². The lowest BCUT2D eigenvalue weighted by atomic mass is 9.42. The molecule has 8 heteroatoms. The Kier molecular flexibility index (Phi) is 7.52. The van der Waals surface area contributed by atoms with Crippen molar-refractivity contribution in [1.82, 2.24) is 19.9 Å². The van der Waals surface area contributed by atoms with Gasteiger partial charge in [0.2, 0.25) is 23.5 Å². The van der Waals surface area contributed by atoms with Crippen LogP contribution in [0, 0.1) is 23.7 Å². The van der Waals surface area contributed by atoms with Gasteiger partial charge in [-0.1, -0.05) is 48.5 Å². The van der Waals surface area contributed by atoms with Gasteiger partial charge >= 0.3 is 0 Å². The first kappa shape index (κ1) is 35.0. The summed E-state index contributed by atoms with van der Waals surface area (Å²) in [5, 5.41) is 0. The minimum Gasteiger partial charge on any atom is -0.437 e. The van der Waals surface area contributed by atoms with Gasteiger partial charge in [-0.05, 0) is 193 Å². The van der Waals surface area contributed by atoms with Gasteiger partial charge in [0, 0.05) is 0 Å². The number of rotatable bonds is 0. The van der Waals surface area contributed by atoms with E-state index in [9.17, 15) is 0 Å². The van der Waals surface area contributed by atoms with Gasteiger partial charge in [0.25, 0.3) is 0 Å². The molecule has 12 heterocycles. The van der Waals surface area contributed by atoms with Crippen molar-refractivity contribution in [1.29, 1.82) is 0 Å². The van der Waals surface area contributed by atoms with Crippen LogP contribution in [0.15, 0.2) is 122 Å². The lowest BCUT2D eigenvalue weighted by Crippen LogP contribution is -2.55. The highest BCUT2D eigenvalue weighted by molar-refractivity contribution is 5.44. The summed E-state index contributed by atoms with van der Waals surface area (Å²) in [6.07, 6.45) is 21.7. The van der Waals surface area contributed by atoms with Gasteiger partial charge in [0.05, 0.1) is 24.8 Å². The van der Waals surface area contributed by atoms with Crippen molar-refractivity contribution in [2.45, 2.75) is 98.7 Å². The molecule has 8 nitrogen and oxygen atoms in total. The van der Waals surface area contributed by atoms with E-state index >= 15 is 0 Å². The molecule has 300 valence electrons. The average molecular weight is 793 g/mol. The summed E-state index contributed by atoms with van der Waals surface area (Å²) < 4.78 is 25.2. The Hall–Kier alpha value is -5.76. The number of ether oxygens (including phenoxy) is 4. The molecular weight excluding hydrogens is 745 g/mol. The highest BCUT2D eigenvalue weighted by atomic mass is 16.5. The van der Waals surface area contributed by atoms with Crippen LogP contribution in [0.1, 0.15) is 99.3 Å². The number of nitrogens with zero attached hydrogens (tertiary/aromatic N) is 4. The Morgan fingerprint density at radius 2 is 0.567 bits per heavy atom. The summed E-state index contributed by atoms with van der Waals surface area (Å²) in [6, 6.07) is 35.2. The van der Waals surface area contributed by atoms with Gasteiger partial charge in [0.15, 0.2) is 0 Å². The van der Waals surface area contributed by atoms with Crippen molar-refractivity contribution < 1.29 is 18.9 Å². The maximum atomic E-state index is 6.31. The number of hydrogen-bond donors (Lipinski definition) is 0. The van der Waals surface area contributed by atoms with Crippen molar-refractivity contribution in [2.24, 2.45) is 23.7 Å². The smallest absolute Gasteiger partial charge is 0.241 e.